The Balaban J connectivity index is 2.23. The van der Waals surface area contributed by atoms with Crippen LogP contribution in [0.15, 0.2) is 42.5 Å². The van der Waals surface area contributed by atoms with Crippen molar-refractivity contribution in [1.29, 1.82) is 0 Å². The van der Waals surface area contributed by atoms with E-state index in [4.69, 9.17) is 9.84 Å². The van der Waals surface area contributed by atoms with Crippen molar-refractivity contribution in [2.24, 2.45) is 0 Å². The van der Waals surface area contributed by atoms with Gasteiger partial charge in [0.1, 0.15) is 23.1 Å². The van der Waals surface area contributed by atoms with E-state index in [1.165, 1.54) is 24.3 Å². The average Bonchev–Trinajstić information content (AvgIpc) is 2.25. The molecular formula is C13H11FO2. The van der Waals surface area contributed by atoms with Crippen LogP contribution in [0.4, 0.5) is 4.39 Å². The van der Waals surface area contributed by atoms with Gasteiger partial charge in [0.15, 0.2) is 0 Å². The van der Waals surface area contributed by atoms with E-state index in [-0.39, 0.29) is 11.6 Å². The monoisotopic (exact) mass is 218 g/mol. The molecule has 0 aliphatic carbocycles. The maximum Gasteiger partial charge on any atom is 0.130 e. The lowest BCUT2D eigenvalue weighted by Gasteiger charge is -2.08. The summed E-state index contributed by atoms with van der Waals surface area (Å²) >= 11 is 0. The van der Waals surface area contributed by atoms with Crippen LogP contribution in [0.3, 0.4) is 0 Å². The minimum atomic E-state index is -0.282. The number of hydrogen-bond acceptors (Lipinski definition) is 2. The molecule has 2 aromatic carbocycles. The first kappa shape index (κ1) is 10.5. The normalized spacial score (nSPS) is 10.1. The number of ether oxygens (including phenoxy) is 1. The van der Waals surface area contributed by atoms with Gasteiger partial charge in [0, 0.05) is 0 Å². The molecule has 0 bridgehead atoms. The Morgan fingerprint density at radius 2 is 1.75 bits per heavy atom. The molecule has 3 heteroatoms. The first-order valence-electron chi connectivity index (χ1n) is 4.88. The molecular weight excluding hydrogens is 207 g/mol. The van der Waals surface area contributed by atoms with Gasteiger partial charge >= 0.3 is 0 Å². The van der Waals surface area contributed by atoms with Crippen molar-refractivity contribution in [2.75, 3.05) is 0 Å². The Morgan fingerprint density at radius 3 is 2.38 bits per heavy atom. The van der Waals surface area contributed by atoms with Gasteiger partial charge in [-0.15, -0.1) is 0 Å². The van der Waals surface area contributed by atoms with Crippen LogP contribution in [0, 0.1) is 12.7 Å². The van der Waals surface area contributed by atoms with Crippen LogP contribution in [0.1, 0.15) is 5.56 Å². The highest BCUT2D eigenvalue weighted by Gasteiger charge is 2.02. The molecule has 0 unspecified atom stereocenters. The summed E-state index contributed by atoms with van der Waals surface area (Å²) in [6.07, 6.45) is 0. The Hall–Kier alpha value is -2.03. The molecule has 2 rings (SSSR count). The van der Waals surface area contributed by atoms with Crippen molar-refractivity contribution in [3.05, 3.63) is 53.8 Å². The Bertz CT molecular complexity index is 492. The molecule has 0 atom stereocenters. The van der Waals surface area contributed by atoms with E-state index in [1.54, 1.807) is 25.1 Å². The number of hydrogen-bond donors (Lipinski definition) is 1. The standard InChI is InChI=1S/C13H11FO2/c1-9-8-10(14)2-7-13(9)16-12-5-3-11(15)4-6-12/h2-8,15H,1H3. The molecule has 0 amide bonds. The van der Waals surface area contributed by atoms with Gasteiger partial charge < -0.3 is 9.84 Å². The van der Waals surface area contributed by atoms with Gasteiger partial charge in [0.2, 0.25) is 0 Å². The van der Waals surface area contributed by atoms with E-state index in [1.807, 2.05) is 0 Å². The fourth-order valence-corrected chi connectivity index (χ4v) is 1.37. The van der Waals surface area contributed by atoms with Gasteiger partial charge in [-0.1, -0.05) is 0 Å². The van der Waals surface area contributed by atoms with Crippen molar-refractivity contribution >= 4 is 0 Å². The van der Waals surface area contributed by atoms with Crippen molar-refractivity contribution in [2.45, 2.75) is 6.92 Å². The van der Waals surface area contributed by atoms with Crippen LogP contribution >= 0.6 is 0 Å². The van der Waals surface area contributed by atoms with Crippen molar-refractivity contribution in [3.63, 3.8) is 0 Å². The predicted octanol–water partition coefficient (Wildman–Crippen LogP) is 3.63. The number of phenolic OH excluding ortho intramolecular Hbond substituents is 1. The molecule has 0 saturated carbocycles. The van der Waals surface area contributed by atoms with Gasteiger partial charge in [0.25, 0.3) is 0 Å². The molecule has 0 saturated heterocycles. The van der Waals surface area contributed by atoms with Crippen LogP contribution in [0.5, 0.6) is 17.2 Å². The Morgan fingerprint density at radius 1 is 1.06 bits per heavy atom. The summed E-state index contributed by atoms with van der Waals surface area (Å²) < 4.78 is 18.4. The van der Waals surface area contributed by atoms with E-state index < -0.39 is 0 Å². The summed E-state index contributed by atoms with van der Waals surface area (Å²) in [4.78, 5) is 0. The molecule has 2 aromatic rings. The third-order valence-corrected chi connectivity index (χ3v) is 2.20. The van der Waals surface area contributed by atoms with E-state index >= 15 is 0 Å². The minimum absolute atomic E-state index is 0.183. The molecule has 2 nitrogen and oxygen atoms in total. The topological polar surface area (TPSA) is 29.5 Å². The molecule has 0 aliphatic rings. The molecule has 82 valence electrons. The van der Waals surface area contributed by atoms with Gasteiger partial charge in [-0.3, -0.25) is 0 Å². The summed E-state index contributed by atoms with van der Waals surface area (Å²) in [5, 5.41) is 9.11. The lowest BCUT2D eigenvalue weighted by molar-refractivity contribution is 0.462. The average molecular weight is 218 g/mol. The highest BCUT2D eigenvalue weighted by Crippen LogP contribution is 2.26. The van der Waals surface area contributed by atoms with Gasteiger partial charge in [-0.2, -0.15) is 0 Å². The van der Waals surface area contributed by atoms with Crippen molar-refractivity contribution in [3.8, 4) is 17.2 Å². The van der Waals surface area contributed by atoms with E-state index in [0.717, 1.165) is 5.56 Å². The first-order valence-corrected chi connectivity index (χ1v) is 4.88. The molecule has 1 N–H and O–H groups in total. The van der Waals surface area contributed by atoms with Crippen LogP contribution < -0.4 is 4.74 Å². The second kappa shape index (κ2) is 4.23. The Labute approximate surface area is 92.9 Å². The molecule has 0 radical (unpaired) electrons. The number of phenols is 1. The maximum atomic E-state index is 12.9. The lowest BCUT2D eigenvalue weighted by atomic mass is 10.2. The van der Waals surface area contributed by atoms with E-state index in [9.17, 15) is 4.39 Å². The SMILES string of the molecule is Cc1cc(F)ccc1Oc1ccc(O)cc1. The maximum absolute atomic E-state index is 12.9. The summed E-state index contributed by atoms with van der Waals surface area (Å²) in [6.45, 7) is 1.78. The molecule has 0 aliphatic heterocycles. The summed E-state index contributed by atoms with van der Waals surface area (Å²) in [5.74, 6) is 1.11. The predicted molar refractivity (Wildman–Crippen MR) is 59.3 cm³/mol. The summed E-state index contributed by atoms with van der Waals surface area (Å²) in [6, 6.07) is 10.7. The third-order valence-electron chi connectivity index (χ3n) is 2.20. The van der Waals surface area contributed by atoms with Gasteiger partial charge in [0.05, 0.1) is 0 Å². The first-order chi connectivity index (χ1) is 7.65. The second-order valence-corrected chi connectivity index (χ2v) is 3.51. The number of benzene rings is 2. The number of aromatic hydroxyl groups is 1. The fraction of sp³-hybridized carbons (Fsp3) is 0.0769. The zero-order valence-corrected chi connectivity index (χ0v) is 8.77. The van der Waals surface area contributed by atoms with Crippen molar-refractivity contribution < 1.29 is 14.2 Å². The van der Waals surface area contributed by atoms with E-state index in [0.29, 0.717) is 11.5 Å². The number of rotatable bonds is 2. The lowest BCUT2D eigenvalue weighted by Crippen LogP contribution is -1.88. The van der Waals surface area contributed by atoms with Crippen LogP contribution in [-0.4, -0.2) is 5.11 Å². The largest absolute Gasteiger partial charge is 0.508 e. The van der Waals surface area contributed by atoms with E-state index in [2.05, 4.69) is 0 Å². The van der Waals surface area contributed by atoms with Crippen LogP contribution in [0.25, 0.3) is 0 Å². The smallest absolute Gasteiger partial charge is 0.130 e. The summed E-state index contributed by atoms with van der Waals surface area (Å²) in [7, 11) is 0. The molecule has 0 spiro atoms. The second-order valence-electron chi connectivity index (χ2n) is 3.51. The zero-order valence-electron chi connectivity index (χ0n) is 8.77. The van der Waals surface area contributed by atoms with Crippen LogP contribution in [-0.2, 0) is 0 Å². The zero-order chi connectivity index (χ0) is 11.5. The van der Waals surface area contributed by atoms with Crippen LogP contribution in [0.2, 0.25) is 0 Å². The fourth-order valence-electron chi connectivity index (χ4n) is 1.37. The highest BCUT2D eigenvalue weighted by atomic mass is 19.1. The molecule has 0 heterocycles. The number of aryl methyl sites for hydroxylation is 1. The molecule has 0 fully saturated rings. The quantitative estimate of drug-likeness (QED) is 0.833. The number of halogens is 1. The minimum Gasteiger partial charge on any atom is -0.508 e. The molecule has 16 heavy (non-hydrogen) atoms. The molecule has 0 aromatic heterocycles. The Kier molecular flexibility index (Phi) is 2.77. The van der Waals surface area contributed by atoms with Gasteiger partial charge in [-0.05, 0) is 55.0 Å². The highest BCUT2D eigenvalue weighted by molar-refractivity contribution is 5.38. The van der Waals surface area contributed by atoms with Crippen molar-refractivity contribution in [1.82, 2.24) is 0 Å². The third kappa shape index (κ3) is 2.31. The summed E-state index contributed by atoms with van der Waals surface area (Å²) in [5.41, 5.74) is 0.730. The van der Waals surface area contributed by atoms with Gasteiger partial charge in [-0.25, -0.2) is 4.39 Å².